The molecule has 1 aliphatic heterocycles. The van der Waals surface area contributed by atoms with E-state index in [9.17, 15) is 8.42 Å². The van der Waals surface area contributed by atoms with Crippen molar-refractivity contribution in [3.05, 3.63) is 75.9 Å². The largest absolute Gasteiger partial charge is 0.382 e. The summed E-state index contributed by atoms with van der Waals surface area (Å²) < 4.78 is 27.8. The molecule has 4 rings (SSSR count). The molecule has 9 heteroatoms. The van der Waals surface area contributed by atoms with E-state index in [-0.39, 0.29) is 9.92 Å². The third-order valence-corrected chi connectivity index (χ3v) is 6.17. The highest BCUT2D eigenvalue weighted by Crippen LogP contribution is 2.31. The number of pyridine rings is 1. The van der Waals surface area contributed by atoms with E-state index in [1.165, 1.54) is 18.2 Å². The summed E-state index contributed by atoms with van der Waals surface area (Å²) in [6.07, 6.45) is 0. The van der Waals surface area contributed by atoms with Crippen LogP contribution in [0.4, 0.5) is 5.69 Å². The summed E-state index contributed by atoms with van der Waals surface area (Å²) in [6, 6.07) is 14.6. The van der Waals surface area contributed by atoms with E-state index in [0.717, 1.165) is 5.56 Å². The summed E-state index contributed by atoms with van der Waals surface area (Å²) in [6.45, 7) is 0.508. The SMILES string of the molecule is NC1=NCc2ccc(-c3ccc(S(=O)(=O)Nc4cccc(Cl)c4)cc3Cl)nc21. The van der Waals surface area contributed by atoms with E-state index in [2.05, 4.69) is 14.7 Å². The quantitative estimate of drug-likeness (QED) is 0.648. The van der Waals surface area contributed by atoms with E-state index in [1.807, 2.05) is 12.1 Å². The van der Waals surface area contributed by atoms with Gasteiger partial charge in [0.05, 0.1) is 27.8 Å². The number of nitrogens with one attached hydrogen (secondary N) is 1. The van der Waals surface area contributed by atoms with Crippen molar-refractivity contribution in [2.24, 2.45) is 10.7 Å². The van der Waals surface area contributed by atoms with E-state index < -0.39 is 10.0 Å². The third kappa shape index (κ3) is 3.56. The summed E-state index contributed by atoms with van der Waals surface area (Å²) in [7, 11) is -3.82. The van der Waals surface area contributed by atoms with Crippen LogP contribution in [0.3, 0.4) is 0 Å². The fourth-order valence-electron chi connectivity index (χ4n) is 2.87. The second kappa shape index (κ2) is 7.09. The van der Waals surface area contributed by atoms with Crippen molar-refractivity contribution in [3.63, 3.8) is 0 Å². The Bertz CT molecular complexity index is 1230. The number of halogens is 2. The Morgan fingerprint density at radius 3 is 2.61 bits per heavy atom. The van der Waals surface area contributed by atoms with Crippen molar-refractivity contribution < 1.29 is 8.42 Å². The standard InChI is InChI=1S/C19H14Cl2N4O2S/c20-12-2-1-3-13(8-12)25-28(26,27)14-5-6-15(16(21)9-14)17-7-4-11-10-23-19(22)18(11)24-17/h1-9,25H,10H2,(H2,22,23). The number of hydrogen-bond acceptors (Lipinski definition) is 5. The molecule has 28 heavy (non-hydrogen) atoms. The van der Waals surface area contributed by atoms with Crippen LogP contribution >= 0.6 is 23.2 Å². The maximum atomic E-state index is 12.6. The minimum atomic E-state index is -3.82. The first-order valence-corrected chi connectivity index (χ1v) is 10.5. The minimum Gasteiger partial charge on any atom is -0.382 e. The molecule has 0 amide bonds. The van der Waals surface area contributed by atoms with Crippen LogP contribution in [0.1, 0.15) is 11.3 Å². The van der Waals surface area contributed by atoms with Crippen molar-refractivity contribution in [2.45, 2.75) is 11.4 Å². The van der Waals surface area contributed by atoms with Gasteiger partial charge in [0.2, 0.25) is 0 Å². The van der Waals surface area contributed by atoms with Gasteiger partial charge >= 0.3 is 0 Å². The first kappa shape index (κ1) is 18.7. The van der Waals surface area contributed by atoms with E-state index in [4.69, 9.17) is 28.9 Å². The number of aliphatic imine (C=N–C) groups is 1. The smallest absolute Gasteiger partial charge is 0.261 e. The summed E-state index contributed by atoms with van der Waals surface area (Å²) in [4.78, 5) is 8.70. The molecule has 0 bridgehead atoms. The molecule has 0 radical (unpaired) electrons. The maximum absolute atomic E-state index is 12.6. The Morgan fingerprint density at radius 2 is 1.86 bits per heavy atom. The van der Waals surface area contributed by atoms with Gasteiger partial charge in [-0.3, -0.25) is 9.71 Å². The zero-order valence-corrected chi connectivity index (χ0v) is 16.7. The van der Waals surface area contributed by atoms with Crippen LogP contribution in [0, 0.1) is 0 Å². The molecule has 3 N–H and O–H groups in total. The molecular weight excluding hydrogens is 419 g/mol. The lowest BCUT2D eigenvalue weighted by molar-refractivity contribution is 0.601. The highest BCUT2D eigenvalue weighted by Gasteiger charge is 2.19. The van der Waals surface area contributed by atoms with Crippen molar-refractivity contribution in [3.8, 4) is 11.3 Å². The van der Waals surface area contributed by atoms with Gasteiger partial charge in [0.1, 0.15) is 11.5 Å². The second-order valence-electron chi connectivity index (χ2n) is 6.16. The maximum Gasteiger partial charge on any atom is 0.261 e. The van der Waals surface area contributed by atoms with Crippen LogP contribution in [0.5, 0.6) is 0 Å². The fourth-order valence-corrected chi connectivity index (χ4v) is 4.48. The summed E-state index contributed by atoms with van der Waals surface area (Å²) in [5, 5.41) is 0.689. The molecule has 3 aromatic rings. The molecule has 0 fully saturated rings. The second-order valence-corrected chi connectivity index (χ2v) is 8.69. The molecule has 142 valence electrons. The van der Waals surface area contributed by atoms with Crippen LogP contribution in [-0.2, 0) is 16.6 Å². The van der Waals surface area contributed by atoms with Crippen LogP contribution in [0.2, 0.25) is 10.0 Å². The number of sulfonamides is 1. The number of anilines is 1. The number of nitrogens with two attached hydrogens (primary N) is 1. The molecule has 0 saturated carbocycles. The number of nitrogens with zero attached hydrogens (tertiary/aromatic N) is 2. The summed E-state index contributed by atoms with van der Waals surface area (Å²) >= 11 is 12.3. The Kier molecular flexibility index (Phi) is 4.74. The van der Waals surface area contributed by atoms with Gasteiger partial charge in [-0.2, -0.15) is 0 Å². The molecule has 0 spiro atoms. The predicted octanol–water partition coefficient (Wildman–Crippen LogP) is 4.08. The van der Waals surface area contributed by atoms with Gasteiger partial charge < -0.3 is 5.73 Å². The van der Waals surface area contributed by atoms with Gasteiger partial charge in [0.25, 0.3) is 10.0 Å². The minimum absolute atomic E-state index is 0.0310. The zero-order valence-electron chi connectivity index (χ0n) is 14.4. The van der Waals surface area contributed by atoms with E-state index in [1.54, 1.807) is 24.3 Å². The predicted molar refractivity (Wildman–Crippen MR) is 111 cm³/mol. The van der Waals surface area contributed by atoms with Gasteiger partial charge in [-0.1, -0.05) is 35.3 Å². The molecule has 0 saturated heterocycles. The molecule has 0 atom stereocenters. The van der Waals surface area contributed by atoms with Crippen molar-refractivity contribution >= 4 is 44.7 Å². The number of hydrogen-bond donors (Lipinski definition) is 2. The summed E-state index contributed by atoms with van der Waals surface area (Å²) in [5.74, 6) is 0.387. The first-order valence-electron chi connectivity index (χ1n) is 8.22. The highest BCUT2D eigenvalue weighted by atomic mass is 35.5. The molecule has 0 unspecified atom stereocenters. The monoisotopic (exact) mass is 432 g/mol. The van der Waals surface area contributed by atoms with E-state index in [0.29, 0.717) is 40.0 Å². The normalized spacial score (nSPS) is 13.1. The molecule has 2 aromatic carbocycles. The number of rotatable bonds is 4. The van der Waals surface area contributed by atoms with Gasteiger partial charge in [0.15, 0.2) is 0 Å². The topological polar surface area (TPSA) is 97.4 Å². The molecule has 1 aromatic heterocycles. The van der Waals surface area contributed by atoms with Gasteiger partial charge in [0, 0.05) is 16.1 Å². The molecule has 0 aliphatic carbocycles. The average Bonchev–Trinajstić information content (AvgIpc) is 3.02. The van der Waals surface area contributed by atoms with Crippen LogP contribution < -0.4 is 10.5 Å². The molecule has 6 nitrogen and oxygen atoms in total. The lowest BCUT2D eigenvalue weighted by atomic mass is 10.1. The Balaban J connectivity index is 1.66. The number of aromatic nitrogens is 1. The number of amidine groups is 1. The van der Waals surface area contributed by atoms with Crippen LogP contribution in [0.15, 0.2) is 64.5 Å². The Labute approximate surface area is 172 Å². The molecule has 1 aliphatic rings. The third-order valence-electron chi connectivity index (χ3n) is 4.24. The summed E-state index contributed by atoms with van der Waals surface area (Å²) in [5.41, 5.74) is 8.99. The van der Waals surface area contributed by atoms with E-state index >= 15 is 0 Å². The van der Waals surface area contributed by atoms with Gasteiger partial charge in [-0.25, -0.2) is 13.4 Å². The van der Waals surface area contributed by atoms with Crippen molar-refractivity contribution in [1.29, 1.82) is 0 Å². The lowest BCUT2D eigenvalue weighted by Gasteiger charge is -2.11. The fraction of sp³-hybridized carbons (Fsp3) is 0.0526. The highest BCUT2D eigenvalue weighted by molar-refractivity contribution is 7.92. The number of benzene rings is 2. The Hall–Kier alpha value is -2.61. The lowest BCUT2D eigenvalue weighted by Crippen LogP contribution is -2.13. The number of fused-ring (bicyclic) bond motifs is 1. The van der Waals surface area contributed by atoms with Crippen LogP contribution in [-0.4, -0.2) is 19.2 Å². The van der Waals surface area contributed by atoms with Gasteiger partial charge in [-0.15, -0.1) is 0 Å². The van der Waals surface area contributed by atoms with Gasteiger partial charge in [-0.05, 0) is 42.5 Å². The molecule has 2 heterocycles. The average molecular weight is 433 g/mol. The zero-order chi connectivity index (χ0) is 19.9. The van der Waals surface area contributed by atoms with Crippen molar-refractivity contribution in [1.82, 2.24) is 4.98 Å². The van der Waals surface area contributed by atoms with Crippen LogP contribution in [0.25, 0.3) is 11.3 Å². The van der Waals surface area contributed by atoms with Crippen molar-refractivity contribution in [2.75, 3.05) is 4.72 Å². The Morgan fingerprint density at radius 1 is 1.04 bits per heavy atom. The first-order chi connectivity index (χ1) is 13.3. The molecular formula is C19H14Cl2N4O2S.